The average Bonchev–Trinajstić information content (AvgIpc) is 3.41. The Labute approximate surface area is 173 Å². The van der Waals surface area contributed by atoms with Crippen molar-refractivity contribution >= 4 is 22.4 Å². The summed E-state index contributed by atoms with van der Waals surface area (Å²) >= 11 is 1.31. The van der Waals surface area contributed by atoms with Gasteiger partial charge in [-0.15, -0.1) is 11.3 Å². The van der Waals surface area contributed by atoms with Crippen LogP contribution >= 0.6 is 11.3 Å². The fourth-order valence-corrected chi connectivity index (χ4v) is 4.39. The highest BCUT2D eigenvalue weighted by Gasteiger charge is 2.30. The number of ether oxygens (including phenoxy) is 1. The van der Waals surface area contributed by atoms with E-state index in [0.717, 1.165) is 31.5 Å². The van der Waals surface area contributed by atoms with Crippen LogP contribution in [-0.4, -0.2) is 36.0 Å². The van der Waals surface area contributed by atoms with E-state index in [2.05, 4.69) is 15.2 Å². The summed E-state index contributed by atoms with van der Waals surface area (Å²) in [6.45, 7) is 1.80. The molecule has 0 saturated carbocycles. The Morgan fingerprint density at radius 1 is 1.21 bits per heavy atom. The van der Waals surface area contributed by atoms with Gasteiger partial charge < -0.3 is 10.1 Å². The van der Waals surface area contributed by atoms with Crippen molar-refractivity contribution < 1.29 is 13.9 Å². The number of thiazole rings is 1. The van der Waals surface area contributed by atoms with E-state index in [-0.39, 0.29) is 17.8 Å². The van der Waals surface area contributed by atoms with Gasteiger partial charge in [0.2, 0.25) is 5.91 Å². The molecule has 1 aliphatic rings. The number of aromatic nitrogens is 1. The van der Waals surface area contributed by atoms with Crippen molar-refractivity contribution in [3.63, 3.8) is 0 Å². The Kier molecular flexibility index (Phi) is 5.87. The van der Waals surface area contributed by atoms with Crippen LogP contribution in [-0.2, 0) is 4.79 Å². The fraction of sp³-hybridized carbons (Fsp3) is 0.273. The number of nitrogens with one attached hydrogen (secondary N) is 1. The van der Waals surface area contributed by atoms with E-state index >= 15 is 0 Å². The molecule has 1 saturated heterocycles. The van der Waals surface area contributed by atoms with Gasteiger partial charge in [-0.05, 0) is 49.7 Å². The van der Waals surface area contributed by atoms with Gasteiger partial charge in [0.25, 0.3) is 0 Å². The van der Waals surface area contributed by atoms with Crippen LogP contribution in [0.25, 0.3) is 11.3 Å². The minimum atomic E-state index is -0.363. The summed E-state index contributed by atoms with van der Waals surface area (Å²) in [7, 11) is 1.53. The Morgan fingerprint density at radius 2 is 1.97 bits per heavy atom. The Balaban J connectivity index is 1.57. The highest BCUT2D eigenvalue weighted by atomic mass is 32.1. The summed E-state index contributed by atoms with van der Waals surface area (Å²) in [6.07, 6.45) is 2.19. The number of halogens is 1. The molecule has 1 aromatic heterocycles. The zero-order chi connectivity index (χ0) is 20.2. The van der Waals surface area contributed by atoms with Crippen molar-refractivity contribution in [2.24, 2.45) is 0 Å². The molecule has 1 unspecified atom stereocenters. The summed E-state index contributed by atoms with van der Waals surface area (Å²) in [5.41, 5.74) is 2.10. The van der Waals surface area contributed by atoms with E-state index in [1.807, 2.05) is 30.3 Å². The number of hydrogen-bond donors (Lipinski definition) is 1. The van der Waals surface area contributed by atoms with E-state index in [4.69, 9.17) is 4.74 Å². The van der Waals surface area contributed by atoms with Crippen molar-refractivity contribution in [1.29, 1.82) is 0 Å². The van der Waals surface area contributed by atoms with Crippen LogP contribution in [0.1, 0.15) is 24.4 Å². The lowest BCUT2D eigenvalue weighted by molar-refractivity contribution is -0.121. The molecule has 2 aromatic carbocycles. The molecule has 0 bridgehead atoms. The molecule has 1 atom stereocenters. The summed E-state index contributed by atoms with van der Waals surface area (Å²) in [5.74, 6) is 0.0663. The van der Waals surface area contributed by atoms with Gasteiger partial charge in [0.1, 0.15) is 17.6 Å². The molecule has 7 heteroatoms. The van der Waals surface area contributed by atoms with E-state index in [9.17, 15) is 9.18 Å². The second-order valence-corrected chi connectivity index (χ2v) is 7.79. The van der Waals surface area contributed by atoms with Crippen LogP contribution in [0.4, 0.5) is 9.52 Å². The number of methoxy groups -OCH3 is 1. The second-order valence-electron chi connectivity index (χ2n) is 6.93. The number of benzene rings is 2. The van der Waals surface area contributed by atoms with Gasteiger partial charge in [-0.25, -0.2) is 9.37 Å². The van der Waals surface area contributed by atoms with Crippen molar-refractivity contribution in [2.45, 2.75) is 18.9 Å². The number of likely N-dealkylation sites (tertiary alicyclic amines) is 1. The number of nitrogens with zero attached hydrogens (tertiary/aromatic N) is 2. The van der Waals surface area contributed by atoms with Crippen molar-refractivity contribution in [3.8, 4) is 17.0 Å². The number of hydrogen-bond acceptors (Lipinski definition) is 5. The SMILES string of the molecule is COc1ccc(F)cc1-c1csc(NC(=O)C(c2ccccc2)N2CCCC2)n1. The van der Waals surface area contributed by atoms with E-state index in [1.54, 1.807) is 11.4 Å². The van der Waals surface area contributed by atoms with Crippen molar-refractivity contribution in [3.05, 3.63) is 65.3 Å². The molecule has 1 amide bonds. The molecule has 4 rings (SSSR count). The molecule has 2 heterocycles. The molecule has 0 spiro atoms. The first kappa shape index (κ1) is 19.5. The second kappa shape index (κ2) is 8.71. The summed E-state index contributed by atoms with van der Waals surface area (Å²) < 4.78 is 19.0. The lowest BCUT2D eigenvalue weighted by atomic mass is 10.0. The lowest BCUT2D eigenvalue weighted by Crippen LogP contribution is -2.35. The molecular weight excluding hydrogens is 389 g/mol. The van der Waals surface area contributed by atoms with Gasteiger partial charge in [-0.3, -0.25) is 9.69 Å². The Hall–Kier alpha value is -2.77. The Morgan fingerprint density at radius 3 is 2.69 bits per heavy atom. The number of carbonyl (C=O) groups excluding carboxylic acids is 1. The normalized spacial score (nSPS) is 15.2. The first-order chi connectivity index (χ1) is 14.2. The molecule has 1 fully saturated rings. The zero-order valence-electron chi connectivity index (χ0n) is 16.1. The highest BCUT2D eigenvalue weighted by Crippen LogP contribution is 2.33. The monoisotopic (exact) mass is 411 g/mol. The maximum absolute atomic E-state index is 13.7. The number of carbonyl (C=O) groups is 1. The summed E-state index contributed by atoms with van der Waals surface area (Å²) in [4.78, 5) is 19.8. The zero-order valence-corrected chi connectivity index (χ0v) is 16.9. The largest absolute Gasteiger partial charge is 0.496 e. The summed E-state index contributed by atoms with van der Waals surface area (Å²) in [5, 5.41) is 5.23. The fourth-order valence-electron chi connectivity index (χ4n) is 3.67. The summed E-state index contributed by atoms with van der Waals surface area (Å²) in [6, 6.07) is 13.8. The molecule has 29 heavy (non-hydrogen) atoms. The third kappa shape index (κ3) is 4.31. The topological polar surface area (TPSA) is 54.5 Å². The van der Waals surface area contributed by atoms with Crippen LogP contribution < -0.4 is 10.1 Å². The maximum atomic E-state index is 13.7. The quantitative estimate of drug-likeness (QED) is 0.637. The molecule has 5 nitrogen and oxygen atoms in total. The lowest BCUT2D eigenvalue weighted by Gasteiger charge is -2.26. The van der Waals surface area contributed by atoms with Crippen LogP contribution in [0.2, 0.25) is 0 Å². The van der Waals surface area contributed by atoms with Crippen LogP contribution in [0, 0.1) is 5.82 Å². The van der Waals surface area contributed by atoms with Gasteiger partial charge >= 0.3 is 0 Å². The molecule has 0 aliphatic carbocycles. The molecular formula is C22H22FN3O2S. The van der Waals surface area contributed by atoms with E-state index in [1.165, 1.54) is 30.6 Å². The third-order valence-electron chi connectivity index (χ3n) is 5.04. The van der Waals surface area contributed by atoms with Crippen molar-refractivity contribution in [1.82, 2.24) is 9.88 Å². The van der Waals surface area contributed by atoms with Crippen LogP contribution in [0.5, 0.6) is 5.75 Å². The minimum Gasteiger partial charge on any atom is -0.496 e. The first-order valence-electron chi connectivity index (χ1n) is 9.55. The average molecular weight is 412 g/mol. The van der Waals surface area contributed by atoms with Gasteiger partial charge in [0.05, 0.1) is 12.8 Å². The van der Waals surface area contributed by atoms with Gasteiger partial charge in [-0.1, -0.05) is 30.3 Å². The molecule has 3 aromatic rings. The van der Waals surface area contributed by atoms with E-state index < -0.39 is 0 Å². The standard InChI is InChI=1S/C22H22FN3O2S/c1-28-19-10-9-16(23)13-17(19)18-14-29-22(24-18)25-21(27)20(26-11-5-6-12-26)15-7-3-2-4-8-15/h2-4,7-10,13-14,20H,5-6,11-12H2,1H3,(H,24,25,27). The maximum Gasteiger partial charge on any atom is 0.248 e. The predicted molar refractivity (Wildman–Crippen MR) is 113 cm³/mol. The van der Waals surface area contributed by atoms with Crippen LogP contribution in [0.15, 0.2) is 53.9 Å². The van der Waals surface area contributed by atoms with Gasteiger partial charge in [0.15, 0.2) is 5.13 Å². The number of anilines is 1. The Bertz CT molecular complexity index is 987. The predicted octanol–water partition coefficient (Wildman–Crippen LogP) is 4.73. The highest BCUT2D eigenvalue weighted by molar-refractivity contribution is 7.14. The van der Waals surface area contributed by atoms with Gasteiger partial charge in [-0.2, -0.15) is 0 Å². The molecule has 1 N–H and O–H groups in total. The van der Waals surface area contributed by atoms with Crippen molar-refractivity contribution in [2.75, 3.05) is 25.5 Å². The number of amides is 1. The molecule has 1 aliphatic heterocycles. The molecule has 150 valence electrons. The first-order valence-corrected chi connectivity index (χ1v) is 10.4. The number of rotatable bonds is 6. The third-order valence-corrected chi connectivity index (χ3v) is 5.80. The van der Waals surface area contributed by atoms with Gasteiger partial charge in [0, 0.05) is 10.9 Å². The van der Waals surface area contributed by atoms with Crippen LogP contribution in [0.3, 0.4) is 0 Å². The molecule has 0 radical (unpaired) electrons. The smallest absolute Gasteiger partial charge is 0.248 e. The minimum absolute atomic E-state index is 0.106. The van der Waals surface area contributed by atoms with E-state index in [0.29, 0.717) is 22.1 Å².